The van der Waals surface area contributed by atoms with E-state index in [1.807, 2.05) is 4.90 Å². The molecule has 3 rings (SSSR count). The van der Waals surface area contributed by atoms with Crippen LogP contribution in [-0.2, 0) is 11.2 Å². The lowest BCUT2D eigenvalue weighted by Crippen LogP contribution is -2.44. The minimum atomic E-state index is 0.00150. The Hall–Kier alpha value is -2.18. The van der Waals surface area contributed by atoms with Crippen LogP contribution in [0.5, 0.6) is 0 Å². The third-order valence-corrected chi connectivity index (χ3v) is 4.39. The standard InChI is InChI=1S/C17H25N5O2/c1-11(2)9-15-18-16(24-21-15)13-5-4-8-22(10-13)17(23)14-7-6-12(3)19-20-14/h11,13,19H,3-10H2,1-2H3. The normalized spacial score (nSPS) is 21.6. The Bertz CT molecular complexity index is 649. The quantitative estimate of drug-likeness (QED) is 0.914. The number of amides is 1. The van der Waals surface area contributed by atoms with Gasteiger partial charge in [0, 0.05) is 31.6 Å². The third-order valence-electron chi connectivity index (χ3n) is 4.39. The summed E-state index contributed by atoms with van der Waals surface area (Å²) in [5, 5.41) is 8.21. The molecule has 7 nitrogen and oxygen atoms in total. The Morgan fingerprint density at radius 1 is 1.46 bits per heavy atom. The van der Waals surface area contributed by atoms with E-state index >= 15 is 0 Å². The van der Waals surface area contributed by atoms with Crippen molar-refractivity contribution in [2.45, 2.75) is 51.9 Å². The molecule has 2 aliphatic heterocycles. The first-order valence-electron chi connectivity index (χ1n) is 8.65. The summed E-state index contributed by atoms with van der Waals surface area (Å²) in [7, 11) is 0. The largest absolute Gasteiger partial charge is 0.339 e. The summed E-state index contributed by atoms with van der Waals surface area (Å²) in [4.78, 5) is 19.0. The molecule has 2 aliphatic rings. The van der Waals surface area contributed by atoms with E-state index in [0.717, 1.165) is 43.7 Å². The number of nitrogens with zero attached hydrogens (tertiary/aromatic N) is 4. The Morgan fingerprint density at radius 3 is 3.00 bits per heavy atom. The smallest absolute Gasteiger partial charge is 0.270 e. The van der Waals surface area contributed by atoms with Crippen LogP contribution >= 0.6 is 0 Å². The van der Waals surface area contributed by atoms with Crippen LogP contribution in [0.25, 0.3) is 0 Å². The fraction of sp³-hybridized carbons (Fsp3) is 0.647. The molecule has 0 aromatic carbocycles. The molecule has 0 radical (unpaired) electrons. The molecule has 1 unspecified atom stereocenters. The molecule has 24 heavy (non-hydrogen) atoms. The van der Waals surface area contributed by atoms with E-state index in [1.165, 1.54) is 0 Å². The van der Waals surface area contributed by atoms with Crippen molar-refractivity contribution in [3.63, 3.8) is 0 Å². The number of carbonyl (C=O) groups excluding carboxylic acids is 1. The first kappa shape index (κ1) is 16.7. The second-order valence-corrected chi connectivity index (χ2v) is 7.01. The molecule has 1 aromatic rings. The molecular formula is C17H25N5O2. The van der Waals surface area contributed by atoms with Crippen LogP contribution in [0.3, 0.4) is 0 Å². The molecule has 1 amide bonds. The molecule has 130 valence electrons. The summed E-state index contributed by atoms with van der Waals surface area (Å²) in [5.74, 6) is 2.01. The van der Waals surface area contributed by atoms with Gasteiger partial charge in [-0.3, -0.25) is 10.2 Å². The monoisotopic (exact) mass is 331 g/mol. The number of rotatable bonds is 4. The Labute approximate surface area is 142 Å². The molecule has 0 aliphatic carbocycles. The molecule has 1 atom stereocenters. The van der Waals surface area contributed by atoms with Crippen molar-refractivity contribution in [2.24, 2.45) is 11.0 Å². The van der Waals surface area contributed by atoms with Crippen LogP contribution in [0.2, 0.25) is 0 Å². The van der Waals surface area contributed by atoms with Crippen molar-refractivity contribution in [1.82, 2.24) is 20.5 Å². The first-order chi connectivity index (χ1) is 11.5. The molecular weight excluding hydrogens is 306 g/mol. The predicted octanol–water partition coefficient (Wildman–Crippen LogP) is 2.23. The number of allylic oxidation sites excluding steroid dienone is 1. The number of hydrogen-bond acceptors (Lipinski definition) is 6. The van der Waals surface area contributed by atoms with Gasteiger partial charge in [0.25, 0.3) is 5.91 Å². The molecule has 3 heterocycles. The van der Waals surface area contributed by atoms with E-state index in [-0.39, 0.29) is 11.8 Å². The number of likely N-dealkylation sites (tertiary alicyclic amines) is 1. The van der Waals surface area contributed by atoms with Crippen molar-refractivity contribution in [3.05, 3.63) is 24.0 Å². The minimum absolute atomic E-state index is 0.00150. The fourth-order valence-electron chi connectivity index (χ4n) is 3.11. The molecule has 1 N–H and O–H groups in total. The zero-order valence-corrected chi connectivity index (χ0v) is 14.4. The average molecular weight is 331 g/mol. The van der Waals surface area contributed by atoms with Gasteiger partial charge in [0.05, 0.1) is 5.92 Å². The highest BCUT2D eigenvalue weighted by Crippen LogP contribution is 2.26. The maximum absolute atomic E-state index is 12.6. The van der Waals surface area contributed by atoms with E-state index in [0.29, 0.717) is 30.5 Å². The van der Waals surface area contributed by atoms with E-state index in [4.69, 9.17) is 4.52 Å². The molecule has 0 bridgehead atoms. The molecule has 1 fully saturated rings. The summed E-state index contributed by atoms with van der Waals surface area (Å²) in [6.07, 6.45) is 4.11. The number of aromatic nitrogens is 2. The van der Waals surface area contributed by atoms with E-state index in [9.17, 15) is 4.79 Å². The van der Waals surface area contributed by atoms with Gasteiger partial charge < -0.3 is 9.42 Å². The minimum Gasteiger partial charge on any atom is -0.339 e. The zero-order valence-electron chi connectivity index (χ0n) is 14.4. The van der Waals surface area contributed by atoms with Gasteiger partial charge in [-0.05, 0) is 25.2 Å². The Morgan fingerprint density at radius 2 is 2.29 bits per heavy atom. The van der Waals surface area contributed by atoms with Gasteiger partial charge in [-0.2, -0.15) is 10.1 Å². The van der Waals surface area contributed by atoms with Gasteiger partial charge >= 0.3 is 0 Å². The Kier molecular flexibility index (Phi) is 4.97. The van der Waals surface area contributed by atoms with Crippen molar-refractivity contribution in [3.8, 4) is 0 Å². The number of piperidine rings is 1. The van der Waals surface area contributed by atoms with Crippen LogP contribution in [-0.4, -0.2) is 39.7 Å². The third kappa shape index (κ3) is 3.83. The molecule has 1 saturated heterocycles. The van der Waals surface area contributed by atoms with Crippen molar-refractivity contribution in [1.29, 1.82) is 0 Å². The predicted molar refractivity (Wildman–Crippen MR) is 90.3 cm³/mol. The lowest BCUT2D eigenvalue weighted by molar-refractivity contribution is -0.125. The second-order valence-electron chi connectivity index (χ2n) is 7.01. The van der Waals surface area contributed by atoms with E-state index in [2.05, 4.69) is 41.1 Å². The first-order valence-corrected chi connectivity index (χ1v) is 8.65. The second kappa shape index (κ2) is 7.15. The zero-order chi connectivity index (χ0) is 17.1. The van der Waals surface area contributed by atoms with Crippen molar-refractivity contribution >= 4 is 11.6 Å². The number of nitrogens with one attached hydrogen (secondary N) is 1. The average Bonchev–Trinajstić information content (AvgIpc) is 3.03. The fourth-order valence-corrected chi connectivity index (χ4v) is 3.11. The molecule has 7 heteroatoms. The van der Waals surface area contributed by atoms with Gasteiger partial charge in [0.15, 0.2) is 5.82 Å². The van der Waals surface area contributed by atoms with Crippen LogP contribution in [0.15, 0.2) is 21.9 Å². The van der Waals surface area contributed by atoms with Gasteiger partial charge in [-0.25, -0.2) is 0 Å². The van der Waals surface area contributed by atoms with Crippen LogP contribution < -0.4 is 5.43 Å². The summed E-state index contributed by atoms with van der Waals surface area (Å²) in [6, 6.07) is 0. The molecule has 0 spiro atoms. The highest BCUT2D eigenvalue weighted by molar-refractivity contribution is 6.38. The highest BCUT2D eigenvalue weighted by atomic mass is 16.5. The van der Waals surface area contributed by atoms with Gasteiger partial charge in [-0.1, -0.05) is 25.6 Å². The summed E-state index contributed by atoms with van der Waals surface area (Å²) >= 11 is 0. The van der Waals surface area contributed by atoms with Gasteiger partial charge in [0.1, 0.15) is 5.71 Å². The number of hydrogen-bond donors (Lipinski definition) is 1. The Balaban J connectivity index is 1.64. The van der Waals surface area contributed by atoms with Gasteiger partial charge in [-0.15, -0.1) is 0 Å². The molecule has 1 aromatic heterocycles. The SMILES string of the molecule is C=C1CCC(C(=O)N2CCCC(c3nc(CC(C)C)no3)C2)=NN1. The van der Waals surface area contributed by atoms with Crippen molar-refractivity contribution < 1.29 is 9.32 Å². The van der Waals surface area contributed by atoms with Gasteiger partial charge in [0.2, 0.25) is 5.89 Å². The lowest BCUT2D eigenvalue weighted by atomic mass is 9.97. The van der Waals surface area contributed by atoms with E-state index in [1.54, 1.807) is 0 Å². The highest BCUT2D eigenvalue weighted by Gasteiger charge is 2.31. The lowest BCUT2D eigenvalue weighted by Gasteiger charge is -2.31. The summed E-state index contributed by atoms with van der Waals surface area (Å²) in [6.45, 7) is 9.45. The molecule has 0 saturated carbocycles. The van der Waals surface area contributed by atoms with Crippen molar-refractivity contribution in [2.75, 3.05) is 13.1 Å². The topological polar surface area (TPSA) is 83.6 Å². The summed E-state index contributed by atoms with van der Waals surface area (Å²) in [5.41, 5.74) is 4.25. The number of carbonyl (C=O) groups is 1. The summed E-state index contributed by atoms with van der Waals surface area (Å²) < 4.78 is 5.44. The number of hydrazone groups is 1. The van der Waals surface area contributed by atoms with Crippen LogP contribution in [0.1, 0.15) is 57.2 Å². The van der Waals surface area contributed by atoms with Crippen LogP contribution in [0.4, 0.5) is 0 Å². The maximum Gasteiger partial charge on any atom is 0.270 e. The van der Waals surface area contributed by atoms with E-state index < -0.39 is 0 Å². The maximum atomic E-state index is 12.6. The van der Waals surface area contributed by atoms with Crippen LogP contribution in [0, 0.1) is 5.92 Å².